The van der Waals surface area contributed by atoms with Crippen LogP contribution in [0.25, 0.3) is 0 Å². The number of amides is 1. The zero-order valence-electron chi connectivity index (χ0n) is 10.8. The van der Waals surface area contributed by atoms with E-state index < -0.39 is 12.0 Å². The normalized spacial score (nSPS) is 22.6. The van der Waals surface area contributed by atoms with Crippen LogP contribution in [0, 0.1) is 11.3 Å². The average molecular weight is 242 g/mol. The number of hydrogen-bond acceptors (Lipinski definition) is 3. The Morgan fingerprint density at radius 1 is 1.47 bits per heavy atom. The molecule has 1 rings (SSSR count). The number of likely N-dealkylation sites (tertiary alicyclic amines) is 1. The lowest BCUT2D eigenvalue weighted by atomic mass is 9.86. The fourth-order valence-electron chi connectivity index (χ4n) is 2.01. The Bertz CT molecular complexity index is 309. The summed E-state index contributed by atoms with van der Waals surface area (Å²) in [6, 6.07) is -0.522. The minimum atomic E-state index is -0.801. The van der Waals surface area contributed by atoms with E-state index in [0.717, 1.165) is 6.42 Å². The predicted molar refractivity (Wildman–Crippen MR) is 64.4 cm³/mol. The van der Waals surface area contributed by atoms with E-state index in [0.29, 0.717) is 13.1 Å². The number of nitrogens with zero attached hydrogens (tertiary/aromatic N) is 1. The van der Waals surface area contributed by atoms with Crippen LogP contribution in [0.2, 0.25) is 0 Å². The molecular weight excluding hydrogens is 220 g/mol. The first-order valence-electron chi connectivity index (χ1n) is 5.98. The molecule has 1 amide bonds. The summed E-state index contributed by atoms with van der Waals surface area (Å²) in [5, 5.41) is 8.71. The van der Waals surface area contributed by atoms with E-state index in [4.69, 9.17) is 10.8 Å². The summed E-state index contributed by atoms with van der Waals surface area (Å²) in [6.07, 6.45) is 0.892. The van der Waals surface area contributed by atoms with Crippen molar-refractivity contribution in [3.05, 3.63) is 0 Å². The van der Waals surface area contributed by atoms with Crippen LogP contribution < -0.4 is 5.73 Å². The number of aliphatic carboxylic acids is 1. The largest absolute Gasteiger partial charge is 0.481 e. The van der Waals surface area contributed by atoms with E-state index in [2.05, 4.69) is 0 Å². The van der Waals surface area contributed by atoms with Gasteiger partial charge in [0.1, 0.15) is 0 Å². The molecule has 2 unspecified atom stereocenters. The van der Waals surface area contributed by atoms with E-state index in [1.54, 1.807) is 4.90 Å². The Morgan fingerprint density at radius 2 is 2.06 bits per heavy atom. The Balaban J connectivity index is 2.54. The van der Waals surface area contributed by atoms with Crippen LogP contribution in [0.15, 0.2) is 0 Å². The minimum Gasteiger partial charge on any atom is -0.481 e. The topological polar surface area (TPSA) is 83.6 Å². The quantitative estimate of drug-likeness (QED) is 0.762. The van der Waals surface area contributed by atoms with Crippen LogP contribution >= 0.6 is 0 Å². The maximum Gasteiger partial charge on any atom is 0.303 e. The second-order valence-corrected chi connectivity index (χ2v) is 5.88. The van der Waals surface area contributed by atoms with Crippen LogP contribution in [0.1, 0.15) is 33.6 Å². The van der Waals surface area contributed by atoms with Gasteiger partial charge in [0.25, 0.3) is 0 Å². The molecule has 5 nitrogen and oxygen atoms in total. The first kappa shape index (κ1) is 14.0. The van der Waals surface area contributed by atoms with Gasteiger partial charge >= 0.3 is 5.97 Å². The van der Waals surface area contributed by atoms with Gasteiger partial charge in [-0.05, 0) is 17.8 Å². The van der Waals surface area contributed by atoms with Crippen molar-refractivity contribution < 1.29 is 14.7 Å². The van der Waals surface area contributed by atoms with E-state index in [9.17, 15) is 9.59 Å². The molecule has 1 fully saturated rings. The molecule has 1 heterocycles. The third-order valence-corrected chi connectivity index (χ3v) is 3.26. The molecule has 0 aromatic heterocycles. The number of rotatable bonds is 3. The van der Waals surface area contributed by atoms with Gasteiger partial charge in [-0.1, -0.05) is 20.8 Å². The molecule has 0 aromatic rings. The van der Waals surface area contributed by atoms with Crippen LogP contribution in [-0.4, -0.2) is 41.0 Å². The number of hydrogen-bond donors (Lipinski definition) is 2. The summed E-state index contributed by atoms with van der Waals surface area (Å²) in [7, 11) is 0. The monoisotopic (exact) mass is 242 g/mol. The van der Waals surface area contributed by atoms with Crippen molar-refractivity contribution in [3.63, 3.8) is 0 Å². The van der Waals surface area contributed by atoms with Crippen molar-refractivity contribution in [3.8, 4) is 0 Å². The molecule has 98 valence electrons. The van der Waals surface area contributed by atoms with Crippen LogP contribution in [0.4, 0.5) is 0 Å². The van der Waals surface area contributed by atoms with E-state index in [1.165, 1.54) is 0 Å². The van der Waals surface area contributed by atoms with Gasteiger partial charge in [0.2, 0.25) is 5.91 Å². The summed E-state index contributed by atoms with van der Waals surface area (Å²) in [5.74, 6) is -0.793. The lowest BCUT2D eigenvalue weighted by Gasteiger charge is -2.29. The van der Waals surface area contributed by atoms with Crippen molar-refractivity contribution in [1.82, 2.24) is 4.90 Å². The molecule has 0 radical (unpaired) electrons. The zero-order valence-corrected chi connectivity index (χ0v) is 10.8. The van der Waals surface area contributed by atoms with Gasteiger partial charge in [-0.3, -0.25) is 9.59 Å². The maximum atomic E-state index is 12.1. The zero-order chi connectivity index (χ0) is 13.2. The molecule has 1 saturated heterocycles. The van der Waals surface area contributed by atoms with Crippen molar-refractivity contribution in [1.29, 1.82) is 0 Å². The third kappa shape index (κ3) is 3.70. The summed E-state index contributed by atoms with van der Waals surface area (Å²) >= 11 is 0. The molecule has 3 N–H and O–H groups in total. The van der Waals surface area contributed by atoms with E-state index >= 15 is 0 Å². The lowest BCUT2D eigenvalue weighted by Crippen LogP contribution is -2.49. The summed E-state index contributed by atoms with van der Waals surface area (Å²) in [5.41, 5.74) is 5.65. The highest BCUT2D eigenvalue weighted by Gasteiger charge is 2.35. The average Bonchev–Trinajstić information content (AvgIpc) is 2.61. The van der Waals surface area contributed by atoms with Gasteiger partial charge < -0.3 is 15.7 Å². The molecule has 0 aliphatic carbocycles. The lowest BCUT2D eigenvalue weighted by molar-refractivity contribution is -0.139. The van der Waals surface area contributed by atoms with Crippen LogP contribution in [0.5, 0.6) is 0 Å². The molecule has 0 bridgehead atoms. The van der Waals surface area contributed by atoms with Gasteiger partial charge in [0.15, 0.2) is 0 Å². The maximum absolute atomic E-state index is 12.1. The summed E-state index contributed by atoms with van der Waals surface area (Å²) in [4.78, 5) is 24.4. The smallest absolute Gasteiger partial charge is 0.303 e. The number of carbonyl (C=O) groups is 2. The standard InChI is InChI=1S/C12H22N2O3/c1-12(2,3)10(13)11(17)14-5-4-8(7-14)6-9(15)16/h8,10H,4-7,13H2,1-3H3,(H,15,16). The van der Waals surface area contributed by atoms with Gasteiger partial charge in [-0.15, -0.1) is 0 Å². The molecule has 5 heteroatoms. The second kappa shape index (κ2) is 5.04. The molecule has 17 heavy (non-hydrogen) atoms. The predicted octanol–water partition coefficient (Wildman–Crippen LogP) is 0.683. The van der Waals surface area contributed by atoms with Crippen LogP contribution in [-0.2, 0) is 9.59 Å². The summed E-state index contributed by atoms with van der Waals surface area (Å²) in [6.45, 7) is 6.94. The van der Waals surface area contributed by atoms with Crippen molar-refractivity contribution in [2.45, 2.75) is 39.7 Å². The first-order chi connectivity index (χ1) is 7.71. The summed E-state index contributed by atoms with van der Waals surface area (Å²) < 4.78 is 0. The van der Waals surface area contributed by atoms with Gasteiger partial charge in [-0.25, -0.2) is 0 Å². The Labute approximate surface area is 102 Å². The fraction of sp³-hybridized carbons (Fsp3) is 0.833. The highest BCUT2D eigenvalue weighted by atomic mass is 16.4. The van der Waals surface area contributed by atoms with Gasteiger partial charge in [0.05, 0.1) is 6.04 Å². The third-order valence-electron chi connectivity index (χ3n) is 3.26. The number of carboxylic acid groups (broad SMARTS) is 1. The first-order valence-corrected chi connectivity index (χ1v) is 5.98. The van der Waals surface area contributed by atoms with Crippen LogP contribution in [0.3, 0.4) is 0 Å². The van der Waals surface area contributed by atoms with Crippen molar-refractivity contribution in [2.75, 3.05) is 13.1 Å². The Morgan fingerprint density at radius 3 is 2.53 bits per heavy atom. The van der Waals surface area contributed by atoms with E-state index in [1.807, 2.05) is 20.8 Å². The van der Waals surface area contributed by atoms with Crippen molar-refractivity contribution in [2.24, 2.45) is 17.1 Å². The highest BCUT2D eigenvalue weighted by Crippen LogP contribution is 2.24. The number of carboxylic acids is 1. The Kier molecular flexibility index (Phi) is 4.14. The molecule has 2 atom stereocenters. The number of carbonyl (C=O) groups excluding carboxylic acids is 1. The fourth-order valence-corrected chi connectivity index (χ4v) is 2.01. The van der Waals surface area contributed by atoms with E-state index in [-0.39, 0.29) is 23.7 Å². The molecule has 0 saturated carbocycles. The molecule has 1 aliphatic rings. The second-order valence-electron chi connectivity index (χ2n) is 5.88. The molecular formula is C12H22N2O3. The molecule has 0 spiro atoms. The molecule has 0 aromatic carbocycles. The number of nitrogens with two attached hydrogens (primary N) is 1. The van der Waals surface area contributed by atoms with Gasteiger partial charge in [-0.2, -0.15) is 0 Å². The van der Waals surface area contributed by atoms with Gasteiger partial charge in [0, 0.05) is 19.5 Å². The highest BCUT2D eigenvalue weighted by molar-refractivity contribution is 5.82. The Hall–Kier alpha value is -1.10. The van der Waals surface area contributed by atoms with Crippen molar-refractivity contribution >= 4 is 11.9 Å². The molecule has 1 aliphatic heterocycles. The SMILES string of the molecule is CC(C)(C)C(N)C(=O)N1CCC(CC(=O)O)C1. The minimum absolute atomic E-state index is 0.0645.